The summed E-state index contributed by atoms with van der Waals surface area (Å²) in [4.78, 5) is 39.4. The van der Waals surface area contributed by atoms with Crippen molar-refractivity contribution in [3.8, 4) is 0 Å². The van der Waals surface area contributed by atoms with Crippen molar-refractivity contribution in [1.82, 2.24) is 4.90 Å². The Morgan fingerprint density at radius 2 is 1.83 bits per heavy atom. The van der Waals surface area contributed by atoms with Crippen LogP contribution in [0.1, 0.15) is 51.7 Å². The summed E-state index contributed by atoms with van der Waals surface area (Å²) in [5.74, 6) is -1.05. The van der Waals surface area contributed by atoms with Crippen LogP contribution in [-0.2, 0) is 33.7 Å². The Kier molecular flexibility index (Phi) is 6.69. The standard InChI is InChI=1S/C22H26N2O4S/c1-14-8-10-16(11-9-14)12-24(3)19(26)13-28-22(27)20-17-6-4-5-7-18(17)29-21(20)23-15(2)25/h8-11H,4-7,12-13H2,1-3H3,(H,23,25). The average molecular weight is 415 g/mol. The first kappa shape index (κ1) is 21.0. The number of rotatable bonds is 6. The predicted molar refractivity (Wildman–Crippen MR) is 113 cm³/mol. The van der Waals surface area contributed by atoms with Gasteiger partial charge >= 0.3 is 5.97 Å². The van der Waals surface area contributed by atoms with Gasteiger partial charge in [0.05, 0.1) is 5.56 Å². The molecule has 2 aromatic rings. The fourth-order valence-electron chi connectivity index (χ4n) is 3.39. The Labute approximate surface area is 174 Å². The highest BCUT2D eigenvalue weighted by Gasteiger charge is 2.27. The van der Waals surface area contributed by atoms with E-state index in [1.807, 2.05) is 31.2 Å². The molecule has 3 rings (SSSR count). The van der Waals surface area contributed by atoms with Crippen molar-refractivity contribution in [3.63, 3.8) is 0 Å². The van der Waals surface area contributed by atoms with E-state index >= 15 is 0 Å². The van der Waals surface area contributed by atoms with Crippen molar-refractivity contribution in [1.29, 1.82) is 0 Å². The second-order valence-corrected chi connectivity index (χ2v) is 8.51. The Morgan fingerprint density at radius 1 is 1.14 bits per heavy atom. The molecule has 1 aromatic carbocycles. The van der Waals surface area contributed by atoms with E-state index in [0.29, 0.717) is 17.1 Å². The van der Waals surface area contributed by atoms with Crippen LogP contribution in [0.3, 0.4) is 0 Å². The molecule has 0 saturated carbocycles. The first-order valence-corrected chi connectivity index (χ1v) is 10.6. The number of carbonyl (C=O) groups is 3. The van der Waals surface area contributed by atoms with Crippen LogP contribution >= 0.6 is 11.3 Å². The van der Waals surface area contributed by atoms with Crippen LogP contribution in [0.5, 0.6) is 0 Å². The minimum atomic E-state index is -0.551. The molecule has 1 aromatic heterocycles. The van der Waals surface area contributed by atoms with E-state index in [4.69, 9.17) is 4.74 Å². The molecule has 0 unspecified atom stereocenters. The number of carbonyl (C=O) groups excluding carboxylic acids is 3. The van der Waals surface area contributed by atoms with Gasteiger partial charge in [-0.2, -0.15) is 0 Å². The van der Waals surface area contributed by atoms with Gasteiger partial charge in [0.15, 0.2) is 6.61 Å². The fourth-order valence-corrected chi connectivity index (χ4v) is 4.72. The molecule has 0 spiro atoms. The van der Waals surface area contributed by atoms with Gasteiger partial charge in [-0.15, -0.1) is 11.3 Å². The first-order valence-electron chi connectivity index (χ1n) is 9.74. The van der Waals surface area contributed by atoms with Crippen molar-refractivity contribution in [2.75, 3.05) is 19.0 Å². The second-order valence-electron chi connectivity index (χ2n) is 7.41. The summed E-state index contributed by atoms with van der Waals surface area (Å²) in [7, 11) is 1.69. The fraction of sp³-hybridized carbons (Fsp3) is 0.409. The van der Waals surface area contributed by atoms with Gasteiger partial charge in [0.2, 0.25) is 5.91 Å². The summed E-state index contributed by atoms with van der Waals surface area (Å²) in [6.45, 7) is 3.54. The van der Waals surface area contributed by atoms with Crippen molar-refractivity contribution in [2.45, 2.75) is 46.1 Å². The Balaban J connectivity index is 1.65. The van der Waals surface area contributed by atoms with Gasteiger partial charge < -0.3 is 15.0 Å². The van der Waals surface area contributed by atoms with Crippen LogP contribution in [0.15, 0.2) is 24.3 Å². The van der Waals surface area contributed by atoms with Gasteiger partial charge in [-0.05, 0) is 43.7 Å². The van der Waals surface area contributed by atoms with Gasteiger partial charge in [0, 0.05) is 25.4 Å². The molecule has 0 bridgehead atoms. The van der Waals surface area contributed by atoms with E-state index in [9.17, 15) is 14.4 Å². The minimum absolute atomic E-state index is 0.230. The third kappa shape index (κ3) is 5.23. The van der Waals surface area contributed by atoms with Gasteiger partial charge in [0.25, 0.3) is 5.91 Å². The second kappa shape index (κ2) is 9.22. The Morgan fingerprint density at radius 3 is 2.52 bits per heavy atom. The molecule has 0 aliphatic heterocycles. The topological polar surface area (TPSA) is 75.7 Å². The number of ether oxygens (including phenoxy) is 1. The van der Waals surface area contributed by atoms with E-state index in [2.05, 4.69) is 5.32 Å². The molecule has 6 nitrogen and oxygen atoms in total. The van der Waals surface area contributed by atoms with Gasteiger partial charge in [-0.25, -0.2) is 4.79 Å². The summed E-state index contributed by atoms with van der Waals surface area (Å²) in [6, 6.07) is 7.94. The lowest BCUT2D eigenvalue weighted by molar-refractivity contribution is -0.133. The highest BCUT2D eigenvalue weighted by atomic mass is 32.1. The number of hydrogen-bond acceptors (Lipinski definition) is 5. The maximum absolute atomic E-state index is 12.8. The van der Waals surface area contributed by atoms with Crippen LogP contribution < -0.4 is 5.32 Å². The smallest absolute Gasteiger partial charge is 0.341 e. The normalized spacial score (nSPS) is 12.8. The van der Waals surface area contributed by atoms with Crippen LogP contribution in [0, 0.1) is 6.92 Å². The van der Waals surface area contributed by atoms with Crippen LogP contribution in [0.4, 0.5) is 5.00 Å². The quantitative estimate of drug-likeness (QED) is 0.731. The first-order chi connectivity index (χ1) is 13.8. The molecular formula is C22H26N2O4S. The molecule has 0 atom stereocenters. The average Bonchev–Trinajstić information content (AvgIpc) is 3.04. The predicted octanol–water partition coefficient (Wildman–Crippen LogP) is 3.71. The number of nitrogens with one attached hydrogen (secondary N) is 1. The number of benzene rings is 1. The summed E-state index contributed by atoms with van der Waals surface area (Å²) < 4.78 is 5.34. The zero-order valence-corrected chi connectivity index (χ0v) is 17.9. The lowest BCUT2D eigenvalue weighted by Crippen LogP contribution is -2.31. The van der Waals surface area contributed by atoms with Crippen LogP contribution in [-0.4, -0.2) is 36.3 Å². The van der Waals surface area contributed by atoms with E-state index < -0.39 is 5.97 Å². The number of aryl methyl sites for hydroxylation is 2. The molecule has 1 aliphatic rings. The number of fused-ring (bicyclic) bond motifs is 1. The molecule has 0 saturated heterocycles. The SMILES string of the molecule is CC(=O)Nc1sc2c(c1C(=O)OCC(=O)N(C)Cc1ccc(C)cc1)CCCC2. The molecular weight excluding hydrogens is 388 g/mol. The van der Waals surface area contributed by atoms with Crippen molar-refractivity contribution in [3.05, 3.63) is 51.4 Å². The lowest BCUT2D eigenvalue weighted by Gasteiger charge is -2.18. The van der Waals surface area contributed by atoms with Gasteiger partial charge in [-0.3, -0.25) is 9.59 Å². The highest BCUT2D eigenvalue weighted by Crippen LogP contribution is 2.38. The molecule has 1 N–H and O–H groups in total. The van der Waals surface area contributed by atoms with E-state index in [1.54, 1.807) is 7.05 Å². The lowest BCUT2D eigenvalue weighted by atomic mass is 9.95. The Hall–Kier alpha value is -2.67. The van der Waals surface area contributed by atoms with Crippen LogP contribution in [0.2, 0.25) is 0 Å². The van der Waals surface area contributed by atoms with Crippen molar-refractivity contribution in [2.24, 2.45) is 0 Å². The van der Waals surface area contributed by atoms with Crippen molar-refractivity contribution >= 4 is 34.1 Å². The zero-order valence-electron chi connectivity index (χ0n) is 17.0. The maximum Gasteiger partial charge on any atom is 0.341 e. The van der Waals surface area contributed by atoms with E-state index in [-0.39, 0.29) is 18.4 Å². The largest absolute Gasteiger partial charge is 0.452 e. The Bertz CT molecular complexity index is 918. The van der Waals surface area contributed by atoms with Gasteiger partial charge in [-0.1, -0.05) is 29.8 Å². The number of esters is 1. The molecule has 1 aliphatic carbocycles. The highest BCUT2D eigenvalue weighted by molar-refractivity contribution is 7.17. The molecule has 0 fully saturated rings. The molecule has 29 heavy (non-hydrogen) atoms. The third-order valence-electron chi connectivity index (χ3n) is 4.96. The molecule has 0 radical (unpaired) electrons. The number of anilines is 1. The minimum Gasteiger partial charge on any atom is -0.452 e. The number of thiophene rings is 1. The summed E-state index contributed by atoms with van der Waals surface area (Å²) in [5.41, 5.74) is 3.53. The van der Waals surface area contributed by atoms with Crippen molar-refractivity contribution < 1.29 is 19.1 Å². The number of likely N-dealkylation sites (N-methyl/N-ethyl adjacent to an activating group) is 1. The molecule has 1 heterocycles. The summed E-state index contributed by atoms with van der Waals surface area (Å²) >= 11 is 1.43. The summed E-state index contributed by atoms with van der Waals surface area (Å²) in [5, 5.41) is 3.27. The molecule has 2 amide bonds. The number of amides is 2. The zero-order chi connectivity index (χ0) is 21.0. The van der Waals surface area contributed by atoms with E-state index in [0.717, 1.165) is 47.3 Å². The molecule has 154 valence electrons. The molecule has 7 heteroatoms. The van der Waals surface area contributed by atoms with E-state index in [1.165, 1.54) is 23.2 Å². The van der Waals surface area contributed by atoms with Crippen LogP contribution in [0.25, 0.3) is 0 Å². The number of hydrogen-bond donors (Lipinski definition) is 1. The number of nitrogens with zero attached hydrogens (tertiary/aromatic N) is 1. The third-order valence-corrected chi connectivity index (χ3v) is 6.17. The maximum atomic E-state index is 12.8. The monoisotopic (exact) mass is 414 g/mol. The van der Waals surface area contributed by atoms with Gasteiger partial charge in [0.1, 0.15) is 5.00 Å². The summed E-state index contributed by atoms with van der Waals surface area (Å²) in [6.07, 6.45) is 3.76.